The Morgan fingerprint density at radius 3 is 2.73 bits per heavy atom. The minimum atomic E-state index is 0.184. The molecule has 0 aromatic rings. The number of rotatable bonds is 1. The highest BCUT2D eigenvalue weighted by molar-refractivity contribution is 5.55. The average molecular weight is 149 g/mol. The van der Waals surface area contributed by atoms with E-state index in [9.17, 15) is 4.79 Å². The molecule has 2 bridgehead atoms. The lowest BCUT2D eigenvalue weighted by Crippen LogP contribution is -2.19. The summed E-state index contributed by atoms with van der Waals surface area (Å²) < 4.78 is 0. The van der Waals surface area contributed by atoms with Crippen LogP contribution >= 0.6 is 0 Å². The van der Waals surface area contributed by atoms with Crippen molar-refractivity contribution in [3.63, 3.8) is 0 Å². The largest absolute Gasteiger partial charge is 0.303 e. The number of carbonyl (C=O) groups excluding carboxylic acids is 1. The van der Waals surface area contributed by atoms with E-state index in [0.717, 1.165) is 25.5 Å². The Bertz CT molecular complexity index is 218. The third-order valence-corrected chi connectivity index (χ3v) is 3.21. The molecule has 2 fully saturated rings. The lowest BCUT2D eigenvalue weighted by atomic mass is 9.82. The van der Waals surface area contributed by atoms with Gasteiger partial charge in [-0.15, -0.1) is 0 Å². The second-order valence-electron chi connectivity index (χ2n) is 3.77. The zero-order valence-electron chi connectivity index (χ0n) is 6.36. The first-order valence-corrected chi connectivity index (χ1v) is 4.20. The van der Waals surface area contributed by atoms with Crippen molar-refractivity contribution in [1.29, 1.82) is 5.26 Å². The van der Waals surface area contributed by atoms with E-state index in [4.69, 9.17) is 5.26 Å². The van der Waals surface area contributed by atoms with Gasteiger partial charge in [-0.1, -0.05) is 0 Å². The third-order valence-electron chi connectivity index (χ3n) is 3.21. The van der Waals surface area contributed by atoms with Crippen LogP contribution in [0.4, 0.5) is 0 Å². The van der Waals surface area contributed by atoms with Crippen LogP contribution in [-0.2, 0) is 4.79 Å². The fourth-order valence-corrected chi connectivity index (χ4v) is 2.71. The predicted molar refractivity (Wildman–Crippen MR) is 39.5 cm³/mol. The van der Waals surface area contributed by atoms with Crippen LogP contribution in [0.2, 0.25) is 0 Å². The van der Waals surface area contributed by atoms with Crippen LogP contribution < -0.4 is 0 Å². The van der Waals surface area contributed by atoms with Crippen LogP contribution in [0.5, 0.6) is 0 Å². The zero-order valence-corrected chi connectivity index (χ0v) is 6.36. The highest BCUT2D eigenvalue weighted by Gasteiger charge is 2.45. The molecule has 0 aliphatic heterocycles. The molecule has 4 unspecified atom stereocenters. The molecule has 11 heavy (non-hydrogen) atoms. The van der Waals surface area contributed by atoms with Crippen molar-refractivity contribution < 1.29 is 4.79 Å². The van der Waals surface area contributed by atoms with E-state index in [2.05, 4.69) is 6.07 Å². The quantitative estimate of drug-likeness (QED) is 0.528. The molecule has 0 amide bonds. The Labute approximate surface area is 66.2 Å². The fraction of sp³-hybridized carbons (Fsp3) is 0.778. The predicted octanol–water partition coefficient (Wildman–Crippen LogP) is 1.37. The highest BCUT2D eigenvalue weighted by atomic mass is 16.1. The molecule has 0 aromatic heterocycles. The van der Waals surface area contributed by atoms with Gasteiger partial charge in [0.1, 0.15) is 6.29 Å². The Balaban J connectivity index is 2.15. The monoisotopic (exact) mass is 149 g/mol. The standard InChI is InChI=1S/C9H11NO/c10-4-7-1-6-2-8(5-11)9(7)3-6/h5-9H,1-3H2. The molecule has 2 saturated carbocycles. The van der Waals surface area contributed by atoms with Gasteiger partial charge in [0.05, 0.1) is 12.0 Å². The number of nitrogens with zero attached hydrogens (tertiary/aromatic N) is 1. The van der Waals surface area contributed by atoms with Gasteiger partial charge in [-0.3, -0.25) is 0 Å². The van der Waals surface area contributed by atoms with Gasteiger partial charge in [0.25, 0.3) is 0 Å². The van der Waals surface area contributed by atoms with Crippen LogP contribution in [0.15, 0.2) is 0 Å². The molecule has 2 heteroatoms. The van der Waals surface area contributed by atoms with Crippen molar-refractivity contribution in [3.8, 4) is 6.07 Å². The molecule has 0 heterocycles. The average Bonchev–Trinajstić information content (AvgIpc) is 2.60. The molecule has 4 atom stereocenters. The minimum absolute atomic E-state index is 0.184. The van der Waals surface area contributed by atoms with E-state index in [1.807, 2.05) is 0 Å². The van der Waals surface area contributed by atoms with Gasteiger partial charge in [-0.2, -0.15) is 5.26 Å². The molecule has 2 aliphatic rings. The van der Waals surface area contributed by atoms with Crippen molar-refractivity contribution in [2.45, 2.75) is 19.3 Å². The lowest BCUT2D eigenvalue weighted by Gasteiger charge is -2.19. The fourth-order valence-electron chi connectivity index (χ4n) is 2.71. The van der Waals surface area contributed by atoms with Crippen molar-refractivity contribution >= 4 is 6.29 Å². The van der Waals surface area contributed by atoms with Crippen molar-refractivity contribution in [1.82, 2.24) is 0 Å². The number of carbonyl (C=O) groups is 1. The number of aldehydes is 1. The topological polar surface area (TPSA) is 40.9 Å². The second kappa shape index (κ2) is 2.34. The highest BCUT2D eigenvalue weighted by Crippen LogP contribution is 2.50. The van der Waals surface area contributed by atoms with E-state index in [1.54, 1.807) is 0 Å². The smallest absolute Gasteiger partial charge is 0.123 e. The molecule has 2 nitrogen and oxygen atoms in total. The van der Waals surface area contributed by atoms with Gasteiger partial charge >= 0.3 is 0 Å². The van der Waals surface area contributed by atoms with E-state index in [1.165, 1.54) is 0 Å². The summed E-state index contributed by atoms with van der Waals surface area (Å²) in [6.07, 6.45) is 4.27. The summed E-state index contributed by atoms with van der Waals surface area (Å²) in [5.41, 5.74) is 0. The first-order chi connectivity index (χ1) is 5.35. The maximum atomic E-state index is 10.5. The van der Waals surface area contributed by atoms with E-state index < -0.39 is 0 Å². The van der Waals surface area contributed by atoms with Crippen molar-refractivity contribution in [3.05, 3.63) is 0 Å². The second-order valence-corrected chi connectivity index (χ2v) is 3.77. The number of fused-ring (bicyclic) bond motifs is 2. The van der Waals surface area contributed by atoms with Crippen molar-refractivity contribution in [2.75, 3.05) is 0 Å². The first-order valence-electron chi connectivity index (χ1n) is 4.20. The molecule has 0 aromatic carbocycles. The van der Waals surface area contributed by atoms with E-state index in [0.29, 0.717) is 11.8 Å². The van der Waals surface area contributed by atoms with Gasteiger partial charge in [-0.05, 0) is 31.1 Å². The third kappa shape index (κ3) is 0.875. The van der Waals surface area contributed by atoms with Crippen LogP contribution in [0.1, 0.15) is 19.3 Å². The molecule has 0 saturated heterocycles. The van der Waals surface area contributed by atoms with Gasteiger partial charge < -0.3 is 4.79 Å². The van der Waals surface area contributed by atoms with Crippen LogP contribution in [0.3, 0.4) is 0 Å². The summed E-state index contributed by atoms with van der Waals surface area (Å²) in [6.45, 7) is 0. The van der Waals surface area contributed by atoms with Gasteiger partial charge in [0.15, 0.2) is 0 Å². The molecule has 0 radical (unpaired) electrons. The molecule has 0 spiro atoms. The number of hydrogen-bond acceptors (Lipinski definition) is 2. The van der Waals surface area contributed by atoms with Crippen LogP contribution in [0, 0.1) is 35.0 Å². The summed E-state index contributed by atoms with van der Waals surface area (Å²) in [5.74, 6) is 1.48. The summed E-state index contributed by atoms with van der Waals surface area (Å²) in [5, 5.41) is 8.74. The first kappa shape index (κ1) is 6.84. The normalized spacial score (nSPS) is 47.2. The van der Waals surface area contributed by atoms with E-state index >= 15 is 0 Å². The maximum Gasteiger partial charge on any atom is 0.123 e. The number of nitriles is 1. The Morgan fingerprint density at radius 2 is 2.18 bits per heavy atom. The molecule has 2 rings (SSSR count). The van der Waals surface area contributed by atoms with Gasteiger partial charge in [0, 0.05) is 5.92 Å². The summed E-state index contributed by atoms with van der Waals surface area (Å²) >= 11 is 0. The van der Waals surface area contributed by atoms with Crippen LogP contribution in [-0.4, -0.2) is 6.29 Å². The number of hydrogen-bond donors (Lipinski definition) is 0. The van der Waals surface area contributed by atoms with Gasteiger partial charge in [-0.25, -0.2) is 0 Å². The molecule has 0 N–H and O–H groups in total. The van der Waals surface area contributed by atoms with Crippen molar-refractivity contribution in [2.24, 2.45) is 23.7 Å². The lowest BCUT2D eigenvalue weighted by molar-refractivity contribution is -0.112. The summed E-state index contributed by atoms with van der Waals surface area (Å²) in [6, 6.07) is 2.30. The summed E-state index contributed by atoms with van der Waals surface area (Å²) in [4.78, 5) is 10.5. The van der Waals surface area contributed by atoms with E-state index in [-0.39, 0.29) is 11.8 Å². The minimum Gasteiger partial charge on any atom is -0.303 e. The molecule has 58 valence electrons. The Morgan fingerprint density at radius 1 is 1.36 bits per heavy atom. The molecular formula is C9H11NO. The molecule has 2 aliphatic carbocycles. The molecular weight excluding hydrogens is 138 g/mol. The van der Waals surface area contributed by atoms with Crippen LogP contribution in [0.25, 0.3) is 0 Å². The Hall–Kier alpha value is -0.840. The zero-order chi connectivity index (χ0) is 7.84. The SMILES string of the molecule is N#CC1CC2CC(C=O)C1C2. The summed E-state index contributed by atoms with van der Waals surface area (Å²) in [7, 11) is 0. The maximum absolute atomic E-state index is 10.5. The Kier molecular flexibility index (Phi) is 1.45. The van der Waals surface area contributed by atoms with Gasteiger partial charge in [0.2, 0.25) is 0 Å².